The predicted molar refractivity (Wildman–Crippen MR) is 99.2 cm³/mol. The van der Waals surface area contributed by atoms with Crippen LogP contribution in [-0.2, 0) is 23.8 Å². The summed E-state index contributed by atoms with van der Waals surface area (Å²) in [7, 11) is 0. The average Bonchev–Trinajstić information content (AvgIpc) is 2.93. The van der Waals surface area contributed by atoms with Crippen LogP contribution in [-0.4, -0.2) is 10.9 Å². The molecule has 1 aromatic heterocycles. The number of alkyl halides is 3. The highest BCUT2D eigenvalue weighted by Crippen LogP contribution is 2.31. The van der Waals surface area contributed by atoms with Gasteiger partial charge in [-0.15, -0.1) is 0 Å². The summed E-state index contributed by atoms with van der Waals surface area (Å²) in [4.78, 5) is 14.4. The lowest BCUT2D eigenvalue weighted by atomic mass is 10.0. The summed E-state index contributed by atoms with van der Waals surface area (Å²) in [5.41, 5.74) is 2.80. The number of anilines is 1. The number of carbonyl (C=O) groups excluding carboxylic acids is 1. The number of aromatic amines is 1. The van der Waals surface area contributed by atoms with Crippen LogP contribution in [0.4, 0.5) is 18.9 Å². The van der Waals surface area contributed by atoms with Crippen molar-refractivity contribution in [3.05, 3.63) is 63.8 Å². The first-order valence-electron chi connectivity index (χ1n) is 7.97. The molecule has 0 saturated carbocycles. The lowest BCUT2D eigenvalue weighted by Gasteiger charge is -2.09. The second-order valence-electron chi connectivity index (χ2n) is 6.07. The van der Waals surface area contributed by atoms with Crippen LogP contribution < -0.4 is 5.32 Å². The van der Waals surface area contributed by atoms with Crippen LogP contribution in [0.2, 0.25) is 0 Å². The summed E-state index contributed by atoms with van der Waals surface area (Å²) in [6.07, 6.45) is -1.31. The highest BCUT2D eigenvalue weighted by Gasteiger charge is 2.29. The molecule has 0 spiro atoms. The van der Waals surface area contributed by atoms with Crippen molar-refractivity contribution in [3.63, 3.8) is 0 Å². The van der Waals surface area contributed by atoms with Crippen molar-refractivity contribution in [1.29, 1.82) is 0 Å². The highest BCUT2D eigenvalue weighted by molar-refractivity contribution is 9.10. The largest absolute Gasteiger partial charge is 0.416 e. The zero-order chi connectivity index (χ0) is 18.9. The van der Waals surface area contributed by atoms with Gasteiger partial charge in [0.25, 0.3) is 0 Å². The van der Waals surface area contributed by atoms with E-state index in [0.717, 1.165) is 38.6 Å². The molecule has 0 fully saturated rings. The van der Waals surface area contributed by atoms with E-state index < -0.39 is 11.7 Å². The number of aromatic nitrogens is 1. The summed E-state index contributed by atoms with van der Waals surface area (Å²) >= 11 is 3.53. The molecule has 0 atom stereocenters. The third kappa shape index (κ3) is 4.09. The second-order valence-corrected chi connectivity index (χ2v) is 6.92. The maximum atomic E-state index is 12.6. The zero-order valence-electron chi connectivity index (χ0n) is 13.9. The quantitative estimate of drug-likeness (QED) is 0.554. The van der Waals surface area contributed by atoms with Crippen LogP contribution in [0.25, 0.3) is 10.9 Å². The Labute approximate surface area is 156 Å². The maximum Gasteiger partial charge on any atom is 0.416 e. The van der Waals surface area contributed by atoms with Crippen molar-refractivity contribution in [2.75, 3.05) is 5.32 Å². The fourth-order valence-electron chi connectivity index (χ4n) is 2.81. The molecule has 0 radical (unpaired) electrons. The fraction of sp³-hybridized carbons (Fsp3) is 0.211. The van der Waals surface area contributed by atoms with E-state index in [1.807, 2.05) is 12.1 Å². The highest BCUT2D eigenvalue weighted by atomic mass is 79.9. The van der Waals surface area contributed by atoms with Gasteiger partial charge >= 0.3 is 6.18 Å². The van der Waals surface area contributed by atoms with Crippen molar-refractivity contribution in [2.45, 2.75) is 25.9 Å². The molecule has 3 rings (SSSR count). The molecule has 0 saturated heterocycles. The fourth-order valence-corrected chi connectivity index (χ4v) is 3.35. The normalized spacial score (nSPS) is 11.7. The van der Waals surface area contributed by atoms with E-state index in [2.05, 4.69) is 26.2 Å². The summed E-state index contributed by atoms with van der Waals surface area (Å²) in [6, 6.07) is 9.14. The average molecular weight is 425 g/mol. The van der Waals surface area contributed by atoms with Gasteiger partial charge in [0.05, 0.1) is 11.3 Å². The third-order valence-electron chi connectivity index (χ3n) is 4.12. The van der Waals surface area contributed by atoms with E-state index in [0.29, 0.717) is 18.5 Å². The predicted octanol–water partition coefficient (Wildman–Crippen LogP) is 5.69. The molecular formula is C19H16BrF3N2O. The van der Waals surface area contributed by atoms with Crippen LogP contribution in [0.3, 0.4) is 0 Å². The standard InChI is InChI=1S/C19H16BrF3N2O/c1-11(26)25-18-10-24-17-9-16(20)13(8-15(17)18)5-2-12-3-6-14(7-4-12)19(21,22)23/h3-4,6-10,24H,2,5H2,1H3,(H,25,26). The van der Waals surface area contributed by atoms with Gasteiger partial charge in [0.2, 0.25) is 5.91 Å². The lowest BCUT2D eigenvalue weighted by molar-refractivity contribution is -0.137. The van der Waals surface area contributed by atoms with Crippen molar-refractivity contribution < 1.29 is 18.0 Å². The molecule has 0 unspecified atom stereocenters. The van der Waals surface area contributed by atoms with Crippen LogP contribution >= 0.6 is 15.9 Å². The Morgan fingerprint density at radius 2 is 1.85 bits per heavy atom. The Morgan fingerprint density at radius 3 is 2.46 bits per heavy atom. The zero-order valence-corrected chi connectivity index (χ0v) is 15.5. The molecule has 2 aromatic carbocycles. The van der Waals surface area contributed by atoms with Crippen LogP contribution in [0, 0.1) is 0 Å². The van der Waals surface area contributed by atoms with E-state index in [4.69, 9.17) is 0 Å². The number of nitrogens with one attached hydrogen (secondary N) is 2. The summed E-state index contributed by atoms with van der Waals surface area (Å²) in [6.45, 7) is 1.45. The van der Waals surface area contributed by atoms with Gasteiger partial charge in [0.15, 0.2) is 0 Å². The first-order chi connectivity index (χ1) is 12.2. The third-order valence-corrected chi connectivity index (χ3v) is 4.86. The Kier molecular flexibility index (Phi) is 5.09. The number of halogens is 4. The molecule has 3 aromatic rings. The molecule has 26 heavy (non-hydrogen) atoms. The molecule has 136 valence electrons. The van der Waals surface area contributed by atoms with Gasteiger partial charge in [0.1, 0.15) is 0 Å². The number of aryl methyl sites for hydroxylation is 2. The number of amides is 1. The molecule has 7 heteroatoms. The van der Waals surface area contributed by atoms with Gasteiger partial charge in [-0.1, -0.05) is 28.1 Å². The Balaban J connectivity index is 1.80. The Bertz CT molecular complexity index is 946. The molecule has 0 aliphatic rings. The van der Waals surface area contributed by atoms with E-state index in [1.165, 1.54) is 19.1 Å². The summed E-state index contributed by atoms with van der Waals surface area (Å²) in [5.74, 6) is -0.153. The Morgan fingerprint density at radius 1 is 1.15 bits per heavy atom. The molecule has 2 N–H and O–H groups in total. The molecule has 0 aliphatic heterocycles. The summed E-state index contributed by atoms with van der Waals surface area (Å²) < 4.78 is 38.8. The molecule has 1 amide bonds. The topological polar surface area (TPSA) is 44.9 Å². The molecule has 3 nitrogen and oxygen atoms in total. The number of hydrogen-bond donors (Lipinski definition) is 2. The van der Waals surface area contributed by atoms with E-state index >= 15 is 0 Å². The van der Waals surface area contributed by atoms with Crippen molar-refractivity contribution in [2.24, 2.45) is 0 Å². The monoisotopic (exact) mass is 424 g/mol. The molecular weight excluding hydrogens is 409 g/mol. The minimum absolute atomic E-state index is 0.153. The van der Waals surface area contributed by atoms with Crippen molar-refractivity contribution >= 4 is 38.4 Å². The van der Waals surface area contributed by atoms with Gasteiger partial charge in [-0.2, -0.15) is 13.2 Å². The Hall–Kier alpha value is -2.28. The van der Waals surface area contributed by atoms with Crippen LogP contribution in [0.15, 0.2) is 47.1 Å². The minimum atomic E-state index is -4.32. The number of benzene rings is 2. The summed E-state index contributed by atoms with van der Waals surface area (Å²) in [5, 5.41) is 3.67. The first kappa shape index (κ1) is 18.5. The van der Waals surface area contributed by atoms with Crippen molar-refractivity contribution in [1.82, 2.24) is 4.98 Å². The van der Waals surface area contributed by atoms with Crippen molar-refractivity contribution in [3.8, 4) is 0 Å². The molecule has 0 bridgehead atoms. The van der Waals surface area contributed by atoms with Crippen LogP contribution in [0.1, 0.15) is 23.6 Å². The second kappa shape index (κ2) is 7.15. The van der Waals surface area contributed by atoms with Gasteiger partial charge in [-0.05, 0) is 48.2 Å². The van der Waals surface area contributed by atoms with E-state index in [9.17, 15) is 18.0 Å². The number of carbonyl (C=O) groups is 1. The molecule has 0 aliphatic carbocycles. The number of hydrogen-bond acceptors (Lipinski definition) is 1. The number of H-pyrrole nitrogens is 1. The SMILES string of the molecule is CC(=O)Nc1c[nH]c2cc(Br)c(CCc3ccc(C(F)(F)F)cc3)cc12. The smallest absolute Gasteiger partial charge is 0.359 e. The van der Waals surface area contributed by atoms with Gasteiger partial charge in [0, 0.05) is 28.5 Å². The number of rotatable bonds is 4. The van der Waals surface area contributed by atoms with E-state index in [1.54, 1.807) is 6.20 Å². The minimum Gasteiger partial charge on any atom is -0.359 e. The van der Waals surface area contributed by atoms with Gasteiger partial charge in [-0.25, -0.2) is 0 Å². The van der Waals surface area contributed by atoms with Gasteiger partial charge in [-0.3, -0.25) is 4.79 Å². The first-order valence-corrected chi connectivity index (χ1v) is 8.76. The molecule has 1 heterocycles. The van der Waals surface area contributed by atoms with Gasteiger partial charge < -0.3 is 10.3 Å². The number of fused-ring (bicyclic) bond motifs is 1. The van der Waals surface area contributed by atoms with Crippen LogP contribution in [0.5, 0.6) is 0 Å². The maximum absolute atomic E-state index is 12.6. The lowest BCUT2D eigenvalue weighted by Crippen LogP contribution is -2.05. The van der Waals surface area contributed by atoms with E-state index in [-0.39, 0.29) is 5.91 Å².